The summed E-state index contributed by atoms with van der Waals surface area (Å²) in [4.78, 5) is 7.07. The number of benzene rings is 1. The van der Waals surface area contributed by atoms with Gasteiger partial charge in [-0.15, -0.1) is 0 Å². The van der Waals surface area contributed by atoms with Gasteiger partial charge in [-0.2, -0.15) is 9.36 Å². The molecule has 0 radical (unpaired) electrons. The first kappa shape index (κ1) is 11.7. The standard InChI is InChI=1S/C14H17N3S/c1-2-7-11-17(10-6-1)14-15-13(16-18-14)12-8-4-3-5-9-12/h3-5,8-9H,1-2,6-7,10-11H2. The fourth-order valence-corrected chi connectivity index (χ4v) is 3.05. The summed E-state index contributed by atoms with van der Waals surface area (Å²) in [6.07, 6.45) is 5.25. The molecule has 4 heteroatoms. The minimum atomic E-state index is 0.861. The lowest BCUT2D eigenvalue weighted by Gasteiger charge is -2.17. The van der Waals surface area contributed by atoms with Gasteiger partial charge in [0.2, 0.25) is 5.13 Å². The van der Waals surface area contributed by atoms with E-state index in [0.717, 1.165) is 29.6 Å². The summed E-state index contributed by atoms with van der Waals surface area (Å²) < 4.78 is 4.48. The number of hydrogen-bond donors (Lipinski definition) is 0. The summed E-state index contributed by atoms with van der Waals surface area (Å²) in [6.45, 7) is 2.26. The summed E-state index contributed by atoms with van der Waals surface area (Å²) in [5.41, 5.74) is 1.11. The van der Waals surface area contributed by atoms with Crippen LogP contribution in [-0.4, -0.2) is 22.4 Å². The maximum atomic E-state index is 4.68. The van der Waals surface area contributed by atoms with Gasteiger partial charge in [-0.3, -0.25) is 0 Å². The van der Waals surface area contributed by atoms with Crippen molar-refractivity contribution >= 4 is 16.7 Å². The second-order valence-corrected chi connectivity index (χ2v) is 5.40. The zero-order valence-electron chi connectivity index (χ0n) is 10.4. The molecule has 0 bridgehead atoms. The SMILES string of the molecule is c1ccc(-c2nsc(N3CCCCCC3)n2)cc1. The molecule has 0 atom stereocenters. The molecule has 1 aliphatic rings. The second kappa shape index (κ2) is 5.48. The Balaban J connectivity index is 1.80. The molecule has 1 aromatic heterocycles. The van der Waals surface area contributed by atoms with Gasteiger partial charge < -0.3 is 4.90 Å². The highest BCUT2D eigenvalue weighted by atomic mass is 32.1. The lowest BCUT2D eigenvalue weighted by atomic mass is 10.2. The van der Waals surface area contributed by atoms with Gasteiger partial charge in [0, 0.05) is 30.2 Å². The van der Waals surface area contributed by atoms with E-state index in [4.69, 9.17) is 0 Å². The van der Waals surface area contributed by atoms with E-state index in [1.165, 1.54) is 37.2 Å². The third-order valence-electron chi connectivity index (χ3n) is 3.32. The van der Waals surface area contributed by atoms with Crippen LogP contribution in [0.4, 0.5) is 5.13 Å². The zero-order valence-corrected chi connectivity index (χ0v) is 11.2. The molecule has 18 heavy (non-hydrogen) atoms. The normalized spacial score (nSPS) is 16.6. The predicted molar refractivity (Wildman–Crippen MR) is 76.0 cm³/mol. The molecule has 1 aliphatic heterocycles. The van der Waals surface area contributed by atoms with Crippen molar-refractivity contribution in [3.8, 4) is 11.4 Å². The highest BCUT2D eigenvalue weighted by molar-refractivity contribution is 7.09. The van der Waals surface area contributed by atoms with Crippen LogP contribution in [0.5, 0.6) is 0 Å². The van der Waals surface area contributed by atoms with Crippen LogP contribution < -0.4 is 4.90 Å². The summed E-state index contributed by atoms with van der Waals surface area (Å²) in [5, 5.41) is 1.08. The van der Waals surface area contributed by atoms with E-state index >= 15 is 0 Å². The molecule has 0 N–H and O–H groups in total. The van der Waals surface area contributed by atoms with Gasteiger partial charge >= 0.3 is 0 Å². The highest BCUT2D eigenvalue weighted by Crippen LogP contribution is 2.25. The van der Waals surface area contributed by atoms with E-state index in [2.05, 4.69) is 26.4 Å². The van der Waals surface area contributed by atoms with Crippen LogP contribution in [0.3, 0.4) is 0 Å². The average molecular weight is 259 g/mol. The van der Waals surface area contributed by atoms with Crippen molar-refractivity contribution in [2.45, 2.75) is 25.7 Å². The average Bonchev–Trinajstić information content (AvgIpc) is 2.76. The van der Waals surface area contributed by atoms with Crippen molar-refractivity contribution in [3.63, 3.8) is 0 Å². The second-order valence-electron chi connectivity index (χ2n) is 4.67. The van der Waals surface area contributed by atoms with Crippen LogP contribution in [0.1, 0.15) is 25.7 Å². The molecule has 0 spiro atoms. The minimum Gasteiger partial charge on any atom is -0.347 e. The monoisotopic (exact) mass is 259 g/mol. The molecule has 0 amide bonds. The van der Waals surface area contributed by atoms with Crippen molar-refractivity contribution in [3.05, 3.63) is 30.3 Å². The van der Waals surface area contributed by atoms with Crippen molar-refractivity contribution in [1.29, 1.82) is 0 Å². The summed E-state index contributed by atoms with van der Waals surface area (Å²) >= 11 is 1.52. The third-order valence-corrected chi connectivity index (χ3v) is 4.10. The molecular weight excluding hydrogens is 242 g/mol. The molecule has 0 unspecified atom stereocenters. The summed E-state index contributed by atoms with van der Waals surface area (Å²) in [5.74, 6) is 0.861. The molecule has 94 valence electrons. The first-order chi connectivity index (χ1) is 8.93. The first-order valence-corrected chi connectivity index (χ1v) is 7.35. The van der Waals surface area contributed by atoms with Crippen molar-refractivity contribution < 1.29 is 0 Å². The number of hydrogen-bond acceptors (Lipinski definition) is 4. The molecule has 3 rings (SSSR count). The minimum absolute atomic E-state index is 0.861. The predicted octanol–water partition coefficient (Wildman–Crippen LogP) is 3.59. The van der Waals surface area contributed by atoms with Crippen LogP contribution in [0.15, 0.2) is 30.3 Å². The lowest BCUT2D eigenvalue weighted by Crippen LogP contribution is -2.23. The van der Waals surface area contributed by atoms with Crippen molar-refractivity contribution in [2.75, 3.05) is 18.0 Å². The Labute approximate surface area is 112 Å². The molecule has 0 saturated carbocycles. The summed E-state index contributed by atoms with van der Waals surface area (Å²) in [7, 11) is 0. The molecule has 2 aromatic rings. The van der Waals surface area contributed by atoms with Gasteiger partial charge in [-0.1, -0.05) is 43.2 Å². The first-order valence-electron chi connectivity index (χ1n) is 6.57. The summed E-state index contributed by atoms with van der Waals surface area (Å²) in [6, 6.07) is 10.2. The van der Waals surface area contributed by atoms with E-state index < -0.39 is 0 Å². The lowest BCUT2D eigenvalue weighted by molar-refractivity contribution is 0.726. The molecule has 2 heterocycles. The Kier molecular flexibility index (Phi) is 3.55. The van der Waals surface area contributed by atoms with Crippen LogP contribution >= 0.6 is 11.5 Å². The maximum absolute atomic E-state index is 4.68. The van der Waals surface area contributed by atoms with E-state index in [-0.39, 0.29) is 0 Å². The molecule has 1 aromatic carbocycles. The van der Waals surface area contributed by atoms with Gasteiger partial charge in [0.05, 0.1) is 0 Å². The largest absolute Gasteiger partial charge is 0.347 e. The number of nitrogens with zero attached hydrogens (tertiary/aromatic N) is 3. The third kappa shape index (κ3) is 2.53. The van der Waals surface area contributed by atoms with Crippen LogP contribution in [0, 0.1) is 0 Å². The fraction of sp³-hybridized carbons (Fsp3) is 0.429. The molecule has 1 saturated heterocycles. The van der Waals surface area contributed by atoms with Gasteiger partial charge in [0.1, 0.15) is 0 Å². The Morgan fingerprint density at radius 1 is 0.944 bits per heavy atom. The van der Waals surface area contributed by atoms with E-state index in [9.17, 15) is 0 Å². The van der Waals surface area contributed by atoms with E-state index in [1.807, 2.05) is 18.2 Å². The quantitative estimate of drug-likeness (QED) is 0.825. The van der Waals surface area contributed by atoms with Gasteiger partial charge in [-0.05, 0) is 12.8 Å². The Morgan fingerprint density at radius 3 is 2.39 bits per heavy atom. The van der Waals surface area contributed by atoms with E-state index in [0.29, 0.717) is 0 Å². The smallest absolute Gasteiger partial charge is 0.205 e. The van der Waals surface area contributed by atoms with Gasteiger partial charge in [0.25, 0.3) is 0 Å². The van der Waals surface area contributed by atoms with Crippen LogP contribution in [0.25, 0.3) is 11.4 Å². The number of rotatable bonds is 2. The van der Waals surface area contributed by atoms with Crippen molar-refractivity contribution in [2.24, 2.45) is 0 Å². The fourth-order valence-electron chi connectivity index (χ4n) is 2.31. The maximum Gasteiger partial charge on any atom is 0.205 e. The molecule has 1 fully saturated rings. The Morgan fingerprint density at radius 2 is 1.67 bits per heavy atom. The molecule has 3 nitrogen and oxygen atoms in total. The van der Waals surface area contributed by atoms with E-state index in [1.54, 1.807) is 0 Å². The van der Waals surface area contributed by atoms with Crippen molar-refractivity contribution in [1.82, 2.24) is 9.36 Å². The highest BCUT2D eigenvalue weighted by Gasteiger charge is 2.14. The topological polar surface area (TPSA) is 29.0 Å². The van der Waals surface area contributed by atoms with Gasteiger partial charge in [-0.25, -0.2) is 0 Å². The molecule has 0 aliphatic carbocycles. The Hall–Kier alpha value is -1.42. The Bertz CT molecular complexity index is 487. The molecular formula is C14H17N3S. The van der Waals surface area contributed by atoms with Gasteiger partial charge in [0.15, 0.2) is 5.82 Å². The van der Waals surface area contributed by atoms with Crippen LogP contribution in [-0.2, 0) is 0 Å². The zero-order chi connectivity index (χ0) is 12.2. The number of aromatic nitrogens is 2. The van der Waals surface area contributed by atoms with Crippen LogP contribution in [0.2, 0.25) is 0 Å². The number of anilines is 1.